The van der Waals surface area contributed by atoms with E-state index in [0.717, 1.165) is 22.8 Å². The number of H-pyrrole nitrogens is 1. The summed E-state index contributed by atoms with van der Waals surface area (Å²) in [5, 5.41) is 14.2. The van der Waals surface area contributed by atoms with Gasteiger partial charge in [0, 0.05) is 35.6 Å². The van der Waals surface area contributed by atoms with E-state index in [2.05, 4.69) is 10.3 Å². The number of hydrogen-bond donors (Lipinski definition) is 2. The van der Waals surface area contributed by atoms with E-state index in [1.807, 2.05) is 54.6 Å². The van der Waals surface area contributed by atoms with Gasteiger partial charge in [0.05, 0.1) is 23.7 Å². The fourth-order valence-corrected chi connectivity index (χ4v) is 3.51. The largest absolute Gasteiger partial charge is 0.372 e. The molecule has 1 amide bonds. The fourth-order valence-electron chi connectivity index (χ4n) is 3.51. The Morgan fingerprint density at radius 1 is 0.909 bits per heavy atom. The number of benzene rings is 3. The van der Waals surface area contributed by atoms with Crippen LogP contribution in [0, 0.1) is 10.1 Å². The highest BCUT2D eigenvalue weighted by Crippen LogP contribution is 2.21. The van der Waals surface area contributed by atoms with Gasteiger partial charge in [-0.05, 0) is 22.8 Å². The van der Waals surface area contributed by atoms with Gasteiger partial charge < -0.3 is 15.0 Å². The van der Waals surface area contributed by atoms with Crippen molar-refractivity contribution in [1.29, 1.82) is 0 Å². The molecule has 0 atom stereocenters. The van der Waals surface area contributed by atoms with Gasteiger partial charge in [0.1, 0.15) is 0 Å². The molecule has 0 fully saturated rings. The maximum Gasteiger partial charge on any atom is 0.270 e. The number of ether oxygens (including phenoxy) is 1. The highest BCUT2D eigenvalue weighted by atomic mass is 16.6. The highest BCUT2D eigenvalue weighted by molar-refractivity contribution is 6.06. The number of aromatic nitrogens is 1. The molecule has 4 rings (SSSR count). The molecule has 1 aromatic heterocycles. The molecule has 166 valence electrons. The summed E-state index contributed by atoms with van der Waals surface area (Å²) in [6.07, 6.45) is 0. The topological polar surface area (TPSA) is 114 Å². The second-order valence-corrected chi connectivity index (χ2v) is 7.52. The second-order valence-electron chi connectivity index (χ2n) is 7.52. The van der Waals surface area contributed by atoms with E-state index in [9.17, 15) is 19.7 Å². The smallest absolute Gasteiger partial charge is 0.270 e. The molecule has 0 saturated heterocycles. The number of hydrogen-bond acceptors (Lipinski definition) is 5. The van der Waals surface area contributed by atoms with Gasteiger partial charge in [0.15, 0.2) is 0 Å². The molecule has 4 aromatic rings. The molecule has 8 nitrogen and oxygen atoms in total. The van der Waals surface area contributed by atoms with E-state index in [1.54, 1.807) is 0 Å². The number of nitro benzene ring substituents is 1. The Kier molecular flexibility index (Phi) is 6.56. The van der Waals surface area contributed by atoms with Crippen LogP contribution in [-0.4, -0.2) is 15.8 Å². The van der Waals surface area contributed by atoms with Crippen LogP contribution in [0.4, 0.5) is 5.69 Å². The second kappa shape index (κ2) is 9.88. The number of fused-ring (bicyclic) bond motifs is 1. The van der Waals surface area contributed by atoms with Gasteiger partial charge in [0.2, 0.25) is 5.56 Å². The van der Waals surface area contributed by atoms with Crippen molar-refractivity contribution < 1.29 is 14.5 Å². The third-order valence-corrected chi connectivity index (χ3v) is 5.11. The number of pyridine rings is 1. The molecule has 0 bridgehead atoms. The minimum atomic E-state index is -0.544. The van der Waals surface area contributed by atoms with Gasteiger partial charge in [0.25, 0.3) is 11.6 Å². The van der Waals surface area contributed by atoms with Gasteiger partial charge in [-0.3, -0.25) is 19.7 Å². The molecule has 2 N–H and O–H groups in total. The maximum absolute atomic E-state index is 12.8. The number of rotatable bonds is 8. The van der Waals surface area contributed by atoms with Crippen LogP contribution in [-0.2, 0) is 24.5 Å². The van der Waals surface area contributed by atoms with Gasteiger partial charge in [-0.25, -0.2) is 0 Å². The van der Waals surface area contributed by atoms with Crippen molar-refractivity contribution in [3.63, 3.8) is 0 Å². The molecule has 8 heteroatoms. The number of nitrogens with one attached hydrogen (secondary N) is 2. The molecule has 0 aliphatic rings. The third-order valence-electron chi connectivity index (χ3n) is 5.11. The van der Waals surface area contributed by atoms with Crippen LogP contribution < -0.4 is 10.9 Å². The maximum atomic E-state index is 12.8. The van der Waals surface area contributed by atoms with Crippen LogP contribution in [0.3, 0.4) is 0 Å². The molecule has 0 spiro atoms. The standard InChI is InChI=1S/C25H21N3O5/c29-24-13-22(21-12-20(28(31)32)9-10-23(21)27-24)25(30)26-14-18-7-4-8-19(11-18)16-33-15-17-5-2-1-3-6-17/h1-13H,14-16H2,(H,26,30)(H,27,29). The Labute approximate surface area is 189 Å². The number of amides is 1. The van der Waals surface area contributed by atoms with Crippen LogP contribution >= 0.6 is 0 Å². The molecular formula is C25H21N3O5. The molecule has 0 aliphatic heterocycles. The highest BCUT2D eigenvalue weighted by Gasteiger charge is 2.15. The predicted octanol–water partition coefficient (Wildman–Crippen LogP) is 4.08. The number of carbonyl (C=O) groups excluding carboxylic acids is 1. The van der Waals surface area contributed by atoms with Crippen molar-refractivity contribution in [1.82, 2.24) is 10.3 Å². The molecule has 0 aliphatic carbocycles. The first kappa shape index (κ1) is 21.9. The van der Waals surface area contributed by atoms with Crippen LogP contribution in [0.5, 0.6) is 0 Å². The summed E-state index contributed by atoms with van der Waals surface area (Å²) in [6.45, 7) is 1.16. The lowest BCUT2D eigenvalue weighted by atomic mass is 10.1. The van der Waals surface area contributed by atoms with Gasteiger partial charge in [-0.2, -0.15) is 0 Å². The number of nitro groups is 1. The van der Waals surface area contributed by atoms with Crippen molar-refractivity contribution in [2.24, 2.45) is 0 Å². The number of nitrogens with zero attached hydrogens (tertiary/aromatic N) is 1. The van der Waals surface area contributed by atoms with E-state index < -0.39 is 16.4 Å². The lowest BCUT2D eigenvalue weighted by Gasteiger charge is -2.10. The van der Waals surface area contributed by atoms with Crippen molar-refractivity contribution in [3.8, 4) is 0 Å². The zero-order chi connectivity index (χ0) is 23.2. The van der Waals surface area contributed by atoms with Gasteiger partial charge >= 0.3 is 0 Å². The summed E-state index contributed by atoms with van der Waals surface area (Å²) in [5.74, 6) is -0.489. The molecule has 33 heavy (non-hydrogen) atoms. The first-order valence-corrected chi connectivity index (χ1v) is 10.3. The minimum Gasteiger partial charge on any atom is -0.372 e. The van der Waals surface area contributed by atoms with E-state index in [1.165, 1.54) is 18.2 Å². The molecule has 1 heterocycles. The normalized spacial score (nSPS) is 10.8. The van der Waals surface area contributed by atoms with Crippen LogP contribution in [0.1, 0.15) is 27.0 Å². The van der Waals surface area contributed by atoms with E-state index in [-0.39, 0.29) is 17.8 Å². The SMILES string of the molecule is O=C(NCc1cccc(COCc2ccccc2)c1)c1cc(=O)[nH]c2ccc([N+](=O)[O-])cc12. The number of carbonyl (C=O) groups is 1. The summed E-state index contributed by atoms with van der Waals surface area (Å²) in [4.78, 5) is 37.9. The summed E-state index contributed by atoms with van der Waals surface area (Å²) in [7, 11) is 0. The third kappa shape index (κ3) is 5.50. The monoisotopic (exact) mass is 443 g/mol. The number of non-ortho nitro benzene ring substituents is 1. The molecule has 3 aromatic carbocycles. The lowest BCUT2D eigenvalue weighted by Crippen LogP contribution is -2.25. The van der Waals surface area contributed by atoms with Crippen LogP contribution in [0.2, 0.25) is 0 Å². The average Bonchev–Trinajstić information content (AvgIpc) is 2.82. The fraction of sp³-hybridized carbons (Fsp3) is 0.120. The molecule has 0 saturated carbocycles. The predicted molar refractivity (Wildman–Crippen MR) is 124 cm³/mol. The Morgan fingerprint density at radius 2 is 1.64 bits per heavy atom. The van der Waals surface area contributed by atoms with E-state index in [4.69, 9.17) is 4.74 Å². The summed E-state index contributed by atoms with van der Waals surface area (Å²) in [6, 6.07) is 22.7. The Morgan fingerprint density at radius 3 is 2.42 bits per heavy atom. The Hall–Kier alpha value is -4.30. The molecule has 0 unspecified atom stereocenters. The Balaban J connectivity index is 1.44. The first-order chi connectivity index (χ1) is 16.0. The van der Waals surface area contributed by atoms with Crippen molar-refractivity contribution in [3.05, 3.63) is 122 Å². The lowest BCUT2D eigenvalue weighted by molar-refractivity contribution is -0.384. The van der Waals surface area contributed by atoms with Crippen LogP contribution in [0.25, 0.3) is 10.9 Å². The summed E-state index contributed by atoms with van der Waals surface area (Å²) < 4.78 is 5.77. The van der Waals surface area contributed by atoms with Crippen LogP contribution in [0.15, 0.2) is 83.7 Å². The number of aromatic amines is 1. The molecule has 0 radical (unpaired) electrons. The zero-order valence-electron chi connectivity index (χ0n) is 17.6. The van der Waals surface area contributed by atoms with Crippen molar-refractivity contribution >= 4 is 22.5 Å². The van der Waals surface area contributed by atoms with Crippen molar-refractivity contribution in [2.75, 3.05) is 0 Å². The van der Waals surface area contributed by atoms with E-state index >= 15 is 0 Å². The Bertz CT molecular complexity index is 1370. The summed E-state index contributed by atoms with van der Waals surface area (Å²) >= 11 is 0. The minimum absolute atomic E-state index is 0.0831. The van der Waals surface area contributed by atoms with E-state index in [0.29, 0.717) is 24.1 Å². The quantitative estimate of drug-likeness (QED) is 0.315. The summed E-state index contributed by atoms with van der Waals surface area (Å²) in [5.41, 5.74) is 2.74. The van der Waals surface area contributed by atoms with Gasteiger partial charge in [-0.1, -0.05) is 54.6 Å². The van der Waals surface area contributed by atoms with Gasteiger partial charge in [-0.15, -0.1) is 0 Å². The average molecular weight is 443 g/mol. The first-order valence-electron chi connectivity index (χ1n) is 10.3. The van der Waals surface area contributed by atoms with Crippen molar-refractivity contribution in [2.45, 2.75) is 19.8 Å². The molecular weight excluding hydrogens is 422 g/mol. The zero-order valence-corrected chi connectivity index (χ0v) is 17.6.